The van der Waals surface area contributed by atoms with Gasteiger partial charge < -0.3 is 14.2 Å². The van der Waals surface area contributed by atoms with Crippen LogP contribution < -0.4 is 0 Å². The van der Waals surface area contributed by atoms with Crippen molar-refractivity contribution in [1.82, 2.24) is 0 Å². The Bertz CT molecular complexity index is 625. The van der Waals surface area contributed by atoms with Crippen LogP contribution >= 0.6 is 0 Å². The monoisotopic (exact) mass is 298 g/mol. The van der Waals surface area contributed by atoms with Crippen molar-refractivity contribution in [3.63, 3.8) is 0 Å². The Morgan fingerprint density at radius 1 is 1.15 bits per heavy atom. The predicted molar refractivity (Wildman–Crippen MR) is 66.5 cm³/mol. The summed E-state index contributed by atoms with van der Waals surface area (Å²) >= 11 is 0. The van der Waals surface area contributed by atoms with Crippen molar-refractivity contribution in [2.45, 2.75) is 42.5 Å². The molecule has 5 atom stereocenters. The Hall–Kier alpha value is -0.990. The first-order chi connectivity index (χ1) is 9.54. The standard InChI is InChI=1S/C13H14O6S/c1-7-2-4-8(5-3-7)20(14,15)19-12-11-10(18-11)9-6-16-13(12)17-9/h2-5,9-13H,6H2,1H3/t9?,10-,11?,12?,13-/m1/s1. The van der Waals surface area contributed by atoms with Gasteiger partial charge in [0.25, 0.3) is 10.1 Å². The number of fused-ring (bicyclic) bond motifs is 4. The molecule has 3 aliphatic heterocycles. The van der Waals surface area contributed by atoms with Gasteiger partial charge in [-0.25, -0.2) is 0 Å². The lowest BCUT2D eigenvalue weighted by molar-refractivity contribution is -0.133. The second-order valence-electron chi connectivity index (χ2n) is 5.27. The smallest absolute Gasteiger partial charge is 0.297 e. The maximum atomic E-state index is 12.3. The quantitative estimate of drug-likeness (QED) is 0.600. The van der Waals surface area contributed by atoms with E-state index >= 15 is 0 Å². The number of hydrogen-bond donors (Lipinski definition) is 0. The summed E-state index contributed by atoms with van der Waals surface area (Å²) in [6.45, 7) is 2.32. The van der Waals surface area contributed by atoms with Crippen molar-refractivity contribution in [2.75, 3.05) is 6.61 Å². The lowest BCUT2D eigenvalue weighted by Gasteiger charge is -2.23. The molecule has 0 saturated carbocycles. The molecule has 3 aliphatic rings. The summed E-state index contributed by atoms with van der Waals surface area (Å²) in [7, 11) is -3.85. The van der Waals surface area contributed by atoms with Crippen LogP contribution in [0.3, 0.4) is 0 Å². The molecule has 3 fully saturated rings. The fraction of sp³-hybridized carbons (Fsp3) is 0.538. The molecular formula is C13H14O6S. The molecule has 108 valence electrons. The molecule has 0 aromatic heterocycles. The van der Waals surface area contributed by atoms with E-state index in [-0.39, 0.29) is 23.2 Å². The number of rotatable bonds is 3. The van der Waals surface area contributed by atoms with Gasteiger partial charge >= 0.3 is 0 Å². The lowest BCUT2D eigenvalue weighted by Crippen LogP contribution is -2.42. The Labute approximate surface area is 116 Å². The van der Waals surface area contributed by atoms with Crippen LogP contribution in [-0.4, -0.2) is 45.7 Å². The minimum atomic E-state index is -3.85. The molecule has 2 bridgehead atoms. The minimum absolute atomic E-state index is 0.0908. The van der Waals surface area contributed by atoms with Crippen LogP contribution in [0.5, 0.6) is 0 Å². The Morgan fingerprint density at radius 3 is 2.65 bits per heavy atom. The van der Waals surface area contributed by atoms with E-state index < -0.39 is 22.5 Å². The highest BCUT2D eigenvalue weighted by atomic mass is 32.2. The lowest BCUT2D eigenvalue weighted by atomic mass is 10.1. The van der Waals surface area contributed by atoms with Crippen LogP contribution in [0.2, 0.25) is 0 Å². The molecule has 0 N–H and O–H groups in total. The molecule has 0 radical (unpaired) electrons. The highest BCUT2D eigenvalue weighted by Crippen LogP contribution is 2.43. The molecule has 3 heterocycles. The van der Waals surface area contributed by atoms with Crippen LogP contribution in [0.4, 0.5) is 0 Å². The molecule has 0 spiro atoms. The maximum absolute atomic E-state index is 12.3. The molecule has 0 amide bonds. The third-order valence-electron chi connectivity index (χ3n) is 3.80. The van der Waals surface area contributed by atoms with E-state index in [2.05, 4.69) is 0 Å². The van der Waals surface area contributed by atoms with Crippen molar-refractivity contribution in [3.8, 4) is 0 Å². The fourth-order valence-electron chi connectivity index (χ4n) is 2.65. The SMILES string of the molecule is Cc1ccc(S(=O)(=O)OC2C3O[C@@H]3C3CO[C@@H]2O3)cc1. The minimum Gasteiger partial charge on any atom is -0.364 e. The van der Waals surface area contributed by atoms with Gasteiger partial charge in [-0.3, -0.25) is 4.18 Å². The van der Waals surface area contributed by atoms with Gasteiger partial charge in [0.2, 0.25) is 0 Å². The normalized spacial score (nSPS) is 38.5. The summed E-state index contributed by atoms with van der Waals surface area (Å²) in [6, 6.07) is 6.51. The summed E-state index contributed by atoms with van der Waals surface area (Å²) in [4.78, 5) is 0.125. The summed E-state index contributed by atoms with van der Waals surface area (Å²) < 4.78 is 46.2. The molecular weight excluding hydrogens is 284 g/mol. The third-order valence-corrected chi connectivity index (χ3v) is 5.13. The topological polar surface area (TPSA) is 74.4 Å². The molecule has 1 aromatic rings. The number of benzene rings is 1. The van der Waals surface area contributed by atoms with Gasteiger partial charge in [0.1, 0.15) is 18.3 Å². The second kappa shape index (κ2) is 4.25. The summed E-state index contributed by atoms with van der Waals surface area (Å²) in [6.07, 6.45) is -1.84. The van der Waals surface area contributed by atoms with E-state index in [1.54, 1.807) is 12.1 Å². The van der Waals surface area contributed by atoms with E-state index in [9.17, 15) is 8.42 Å². The third kappa shape index (κ3) is 1.97. The average Bonchev–Trinajstić information content (AvgIpc) is 3.09. The van der Waals surface area contributed by atoms with E-state index in [0.29, 0.717) is 6.61 Å². The zero-order valence-electron chi connectivity index (χ0n) is 10.8. The first-order valence-corrected chi connectivity index (χ1v) is 7.88. The zero-order valence-corrected chi connectivity index (χ0v) is 11.6. The van der Waals surface area contributed by atoms with E-state index in [1.807, 2.05) is 6.92 Å². The summed E-state index contributed by atoms with van der Waals surface area (Å²) in [5.41, 5.74) is 0.984. The van der Waals surface area contributed by atoms with E-state index in [0.717, 1.165) is 5.56 Å². The number of ether oxygens (including phenoxy) is 3. The largest absolute Gasteiger partial charge is 0.364 e. The number of aryl methyl sites for hydroxylation is 1. The van der Waals surface area contributed by atoms with Crippen molar-refractivity contribution in [2.24, 2.45) is 0 Å². The summed E-state index contributed by atoms with van der Waals surface area (Å²) in [5.74, 6) is 0. The Kier molecular flexibility index (Phi) is 2.71. The van der Waals surface area contributed by atoms with Crippen molar-refractivity contribution in [1.29, 1.82) is 0 Å². The molecule has 6 nitrogen and oxygen atoms in total. The summed E-state index contributed by atoms with van der Waals surface area (Å²) in [5, 5.41) is 0. The Morgan fingerprint density at radius 2 is 1.90 bits per heavy atom. The van der Waals surface area contributed by atoms with Crippen LogP contribution in [0.15, 0.2) is 29.2 Å². The maximum Gasteiger partial charge on any atom is 0.297 e. The highest BCUT2D eigenvalue weighted by Gasteiger charge is 2.63. The first kappa shape index (κ1) is 12.7. The van der Waals surface area contributed by atoms with Gasteiger partial charge in [0.05, 0.1) is 11.5 Å². The van der Waals surface area contributed by atoms with Crippen LogP contribution in [0, 0.1) is 6.92 Å². The molecule has 7 heteroatoms. The van der Waals surface area contributed by atoms with E-state index in [4.69, 9.17) is 18.4 Å². The number of epoxide rings is 1. The predicted octanol–water partition coefficient (Wildman–Crippen LogP) is 0.591. The van der Waals surface area contributed by atoms with Crippen LogP contribution in [0.1, 0.15) is 5.56 Å². The van der Waals surface area contributed by atoms with Gasteiger partial charge in [0, 0.05) is 0 Å². The molecule has 4 rings (SSSR count). The van der Waals surface area contributed by atoms with Gasteiger partial charge in [-0.15, -0.1) is 0 Å². The van der Waals surface area contributed by atoms with Gasteiger partial charge in [-0.1, -0.05) is 17.7 Å². The van der Waals surface area contributed by atoms with Crippen LogP contribution in [-0.2, 0) is 28.5 Å². The first-order valence-electron chi connectivity index (χ1n) is 6.47. The van der Waals surface area contributed by atoms with Gasteiger partial charge in [-0.05, 0) is 19.1 Å². The second-order valence-corrected chi connectivity index (χ2v) is 6.84. The van der Waals surface area contributed by atoms with Crippen molar-refractivity contribution >= 4 is 10.1 Å². The van der Waals surface area contributed by atoms with Crippen molar-refractivity contribution in [3.05, 3.63) is 29.8 Å². The van der Waals surface area contributed by atoms with Crippen LogP contribution in [0.25, 0.3) is 0 Å². The molecule has 1 aromatic carbocycles. The highest BCUT2D eigenvalue weighted by molar-refractivity contribution is 7.86. The molecule has 0 aliphatic carbocycles. The van der Waals surface area contributed by atoms with Gasteiger partial charge in [0.15, 0.2) is 12.4 Å². The number of hydrogen-bond acceptors (Lipinski definition) is 6. The zero-order chi connectivity index (χ0) is 13.9. The Balaban J connectivity index is 1.57. The average molecular weight is 298 g/mol. The molecule has 3 unspecified atom stereocenters. The molecule has 20 heavy (non-hydrogen) atoms. The molecule has 3 saturated heterocycles. The van der Waals surface area contributed by atoms with Crippen molar-refractivity contribution < 1.29 is 26.8 Å². The fourth-order valence-corrected chi connectivity index (χ4v) is 3.72. The van der Waals surface area contributed by atoms with E-state index in [1.165, 1.54) is 12.1 Å². The van der Waals surface area contributed by atoms with Gasteiger partial charge in [-0.2, -0.15) is 8.42 Å².